The van der Waals surface area contributed by atoms with E-state index in [2.05, 4.69) is 20.6 Å². The fourth-order valence-electron chi connectivity index (χ4n) is 1.65. The maximum atomic E-state index is 5.38. The molecule has 2 aliphatic rings. The first-order valence-electron chi connectivity index (χ1n) is 7.02. The van der Waals surface area contributed by atoms with Gasteiger partial charge in [-0.3, -0.25) is 0 Å². The molecule has 2 aliphatic heterocycles. The molecular weight excluding hydrogens is 296 g/mol. The van der Waals surface area contributed by atoms with E-state index in [0.717, 1.165) is 63.7 Å². The molecule has 0 aromatic carbocycles. The molecule has 6 nitrogen and oxygen atoms in total. The van der Waals surface area contributed by atoms with Crippen molar-refractivity contribution in [1.29, 1.82) is 0 Å². The number of rotatable bonds is 7. The summed E-state index contributed by atoms with van der Waals surface area (Å²) in [6.45, 7) is 5.10. The molecule has 2 rings (SSSR count). The van der Waals surface area contributed by atoms with Crippen LogP contribution in [0.25, 0.3) is 0 Å². The molecule has 0 aromatic heterocycles. The first kappa shape index (κ1) is 15.6. The maximum absolute atomic E-state index is 5.38. The normalized spacial score (nSPS) is 18.4. The molecular formula is C12H22N4O2S2. The highest BCUT2D eigenvalue weighted by atomic mass is 33.1. The number of hydrogen-bond donors (Lipinski definition) is 2. The van der Waals surface area contributed by atoms with E-state index in [0.29, 0.717) is 12.0 Å². The Morgan fingerprint density at radius 3 is 1.75 bits per heavy atom. The molecule has 0 atom stereocenters. The van der Waals surface area contributed by atoms with Crippen LogP contribution in [0.2, 0.25) is 0 Å². The standard InChI is InChI=1S/C12H22N4O2S2/c1-3-13-11(17-7-1)15-5-9-19-20-10-6-16-12-14-4-2-8-18-12/h1-10H2,(H,13,15)(H,14,16). The minimum Gasteiger partial charge on any atom is -0.465 e. The summed E-state index contributed by atoms with van der Waals surface area (Å²) in [6.07, 6.45) is 2.05. The molecule has 2 N–H and O–H groups in total. The molecule has 0 unspecified atom stereocenters. The van der Waals surface area contributed by atoms with Gasteiger partial charge in [-0.15, -0.1) is 0 Å². The third kappa shape index (κ3) is 6.60. The fraction of sp³-hybridized carbons (Fsp3) is 0.833. The minimum atomic E-state index is 0.705. The van der Waals surface area contributed by atoms with Crippen LogP contribution in [-0.2, 0) is 9.47 Å². The average molecular weight is 318 g/mol. The Labute approximate surface area is 128 Å². The molecule has 20 heavy (non-hydrogen) atoms. The predicted octanol–water partition coefficient (Wildman–Crippen LogP) is 1.10. The van der Waals surface area contributed by atoms with Gasteiger partial charge in [-0.2, -0.15) is 0 Å². The van der Waals surface area contributed by atoms with Gasteiger partial charge >= 0.3 is 0 Å². The Kier molecular flexibility index (Phi) is 7.84. The minimum absolute atomic E-state index is 0.705. The number of ether oxygens (including phenoxy) is 2. The van der Waals surface area contributed by atoms with Gasteiger partial charge in [0.15, 0.2) is 0 Å². The molecule has 0 radical (unpaired) electrons. The van der Waals surface area contributed by atoms with E-state index in [-0.39, 0.29) is 0 Å². The molecule has 0 saturated carbocycles. The smallest absolute Gasteiger partial charge is 0.284 e. The number of nitrogens with one attached hydrogen (secondary N) is 2. The quantitative estimate of drug-likeness (QED) is 0.541. The van der Waals surface area contributed by atoms with E-state index >= 15 is 0 Å². The van der Waals surface area contributed by atoms with Crippen LogP contribution in [0.3, 0.4) is 0 Å². The van der Waals surface area contributed by atoms with Crippen LogP contribution in [0.4, 0.5) is 0 Å². The number of amidine groups is 2. The summed E-state index contributed by atoms with van der Waals surface area (Å²) in [7, 11) is 3.70. The van der Waals surface area contributed by atoms with Crippen molar-refractivity contribution in [3.05, 3.63) is 0 Å². The molecule has 0 bridgehead atoms. The molecule has 0 aromatic rings. The van der Waals surface area contributed by atoms with Gasteiger partial charge in [0.25, 0.3) is 12.0 Å². The monoisotopic (exact) mass is 318 g/mol. The zero-order valence-corrected chi connectivity index (χ0v) is 13.2. The van der Waals surface area contributed by atoms with Crippen molar-refractivity contribution in [3.8, 4) is 0 Å². The van der Waals surface area contributed by atoms with Gasteiger partial charge in [0.05, 0.1) is 13.2 Å². The van der Waals surface area contributed by atoms with E-state index in [4.69, 9.17) is 9.47 Å². The lowest BCUT2D eigenvalue weighted by molar-refractivity contribution is 0.268. The van der Waals surface area contributed by atoms with Gasteiger partial charge in [0, 0.05) is 50.5 Å². The zero-order chi connectivity index (χ0) is 13.9. The van der Waals surface area contributed by atoms with Crippen LogP contribution in [0.1, 0.15) is 12.8 Å². The Hall–Kier alpha value is -0.760. The van der Waals surface area contributed by atoms with Crippen molar-refractivity contribution >= 4 is 33.6 Å². The predicted molar refractivity (Wildman–Crippen MR) is 86.7 cm³/mol. The van der Waals surface area contributed by atoms with E-state index in [9.17, 15) is 0 Å². The van der Waals surface area contributed by atoms with Crippen molar-refractivity contribution in [3.63, 3.8) is 0 Å². The number of hydrogen-bond acceptors (Lipinski definition) is 8. The van der Waals surface area contributed by atoms with Crippen LogP contribution in [0.15, 0.2) is 9.98 Å². The van der Waals surface area contributed by atoms with Gasteiger partial charge in [0.1, 0.15) is 0 Å². The van der Waals surface area contributed by atoms with E-state index < -0.39 is 0 Å². The van der Waals surface area contributed by atoms with Crippen molar-refractivity contribution in [2.45, 2.75) is 12.8 Å². The molecule has 0 amide bonds. The average Bonchev–Trinajstić information content (AvgIpc) is 2.52. The highest BCUT2D eigenvalue weighted by Crippen LogP contribution is 2.19. The van der Waals surface area contributed by atoms with E-state index in [1.54, 1.807) is 0 Å². The van der Waals surface area contributed by atoms with Gasteiger partial charge in [-0.1, -0.05) is 21.6 Å². The van der Waals surface area contributed by atoms with Gasteiger partial charge in [-0.25, -0.2) is 9.98 Å². The molecule has 0 saturated heterocycles. The van der Waals surface area contributed by atoms with Gasteiger partial charge < -0.3 is 20.1 Å². The first-order valence-corrected chi connectivity index (χ1v) is 9.50. The molecule has 0 spiro atoms. The zero-order valence-electron chi connectivity index (χ0n) is 11.6. The molecule has 114 valence electrons. The molecule has 8 heteroatoms. The Morgan fingerprint density at radius 2 is 1.35 bits per heavy atom. The maximum Gasteiger partial charge on any atom is 0.284 e. The second kappa shape index (κ2) is 10.0. The van der Waals surface area contributed by atoms with E-state index in [1.165, 1.54) is 0 Å². The van der Waals surface area contributed by atoms with Crippen molar-refractivity contribution in [2.24, 2.45) is 9.98 Å². The summed E-state index contributed by atoms with van der Waals surface area (Å²) >= 11 is 0. The Balaban J connectivity index is 1.38. The SMILES string of the molecule is C1CN=C(NCCSSCCNC2=NCCCO2)OC1. The van der Waals surface area contributed by atoms with Crippen molar-refractivity contribution in [2.75, 3.05) is 50.9 Å². The Morgan fingerprint density at radius 1 is 0.850 bits per heavy atom. The lowest BCUT2D eigenvalue weighted by Gasteiger charge is -2.15. The molecule has 0 aliphatic carbocycles. The highest BCUT2D eigenvalue weighted by molar-refractivity contribution is 8.76. The van der Waals surface area contributed by atoms with Crippen LogP contribution in [-0.4, -0.2) is 62.9 Å². The van der Waals surface area contributed by atoms with Gasteiger partial charge in [0.2, 0.25) is 0 Å². The molecule has 2 heterocycles. The second-order valence-electron chi connectivity index (χ2n) is 4.28. The van der Waals surface area contributed by atoms with Crippen LogP contribution >= 0.6 is 21.6 Å². The largest absolute Gasteiger partial charge is 0.465 e. The second-order valence-corrected chi connectivity index (χ2v) is 6.98. The van der Waals surface area contributed by atoms with E-state index in [1.807, 2.05) is 21.6 Å². The Bertz CT molecular complexity index is 307. The van der Waals surface area contributed by atoms with Crippen molar-refractivity contribution < 1.29 is 9.47 Å². The summed E-state index contributed by atoms with van der Waals surface area (Å²) in [6, 6.07) is 1.41. The fourth-order valence-corrected chi connectivity index (χ4v) is 3.46. The molecule has 0 fully saturated rings. The topological polar surface area (TPSA) is 67.2 Å². The van der Waals surface area contributed by atoms with Crippen LogP contribution in [0, 0.1) is 0 Å². The summed E-state index contributed by atoms with van der Waals surface area (Å²) in [5.41, 5.74) is 0. The highest BCUT2D eigenvalue weighted by Gasteiger charge is 2.05. The summed E-state index contributed by atoms with van der Waals surface area (Å²) in [5.74, 6) is 2.06. The lowest BCUT2D eigenvalue weighted by atomic mass is 10.4. The summed E-state index contributed by atoms with van der Waals surface area (Å²) in [5, 5.41) is 6.41. The third-order valence-electron chi connectivity index (χ3n) is 2.60. The summed E-state index contributed by atoms with van der Waals surface area (Å²) < 4.78 is 10.8. The summed E-state index contributed by atoms with van der Waals surface area (Å²) in [4.78, 5) is 8.52. The third-order valence-corrected chi connectivity index (χ3v) is 5.01. The van der Waals surface area contributed by atoms with Crippen molar-refractivity contribution in [1.82, 2.24) is 10.6 Å². The van der Waals surface area contributed by atoms with Crippen LogP contribution in [0.5, 0.6) is 0 Å². The number of aliphatic imine (C=N–C) groups is 2. The van der Waals surface area contributed by atoms with Crippen LogP contribution < -0.4 is 10.6 Å². The lowest BCUT2D eigenvalue weighted by Crippen LogP contribution is -2.31. The first-order chi connectivity index (χ1) is 9.95. The van der Waals surface area contributed by atoms with Gasteiger partial charge in [-0.05, 0) is 0 Å². The number of nitrogens with zero attached hydrogens (tertiary/aromatic N) is 2.